The van der Waals surface area contributed by atoms with Crippen LogP contribution in [0.1, 0.15) is 22.8 Å². The Balaban J connectivity index is 1.63. The van der Waals surface area contributed by atoms with E-state index in [-0.39, 0.29) is 5.91 Å². The van der Waals surface area contributed by atoms with Crippen LogP contribution in [0.25, 0.3) is 10.4 Å². The van der Waals surface area contributed by atoms with Crippen LogP contribution >= 0.6 is 11.3 Å². The minimum Gasteiger partial charge on any atom is -0.478 e. The Morgan fingerprint density at radius 1 is 1.25 bits per heavy atom. The van der Waals surface area contributed by atoms with Crippen LogP contribution in [0.15, 0.2) is 54.3 Å². The van der Waals surface area contributed by atoms with Gasteiger partial charge >= 0.3 is 0 Å². The van der Waals surface area contributed by atoms with Crippen LogP contribution in [0.4, 0.5) is 0 Å². The highest BCUT2D eigenvalue weighted by atomic mass is 32.1. The zero-order chi connectivity index (χ0) is 16.8. The van der Waals surface area contributed by atoms with Crippen LogP contribution in [0.2, 0.25) is 0 Å². The monoisotopic (exact) mass is 339 g/mol. The van der Waals surface area contributed by atoms with Crippen molar-refractivity contribution >= 4 is 17.2 Å². The van der Waals surface area contributed by atoms with Crippen LogP contribution in [0.5, 0.6) is 5.88 Å². The number of nitrogens with zero attached hydrogens (tertiary/aromatic N) is 2. The summed E-state index contributed by atoms with van der Waals surface area (Å²) in [6.07, 6.45) is 5.10. The number of pyridine rings is 2. The van der Waals surface area contributed by atoms with Crippen molar-refractivity contribution in [1.82, 2.24) is 15.3 Å². The van der Waals surface area contributed by atoms with Crippen LogP contribution in [-0.4, -0.2) is 22.5 Å². The van der Waals surface area contributed by atoms with Gasteiger partial charge in [-0.3, -0.25) is 9.78 Å². The van der Waals surface area contributed by atoms with Crippen molar-refractivity contribution in [3.05, 3.63) is 65.4 Å². The van der Waals surface area contributed by atoms with E-state index in [2.05, 4.69) is 21.4 Å². The molecule has 3 aromatic heterocycles. The number of hydrogen-bond donors (Lipinski definition) is 1. The lowest BCUT2D eigenvalue weighted by Gasteiger charge is -2.07. The van der Waals surface area contributed by atoms with Crippen molar-refractivity contribution in [3.63, 3.8) is 0 Å². The predicted molar refractivity (Wildman–Crippen MR) is 94.1 cm³/mol. The fraction of sp³-hybridized carbons (Fsp3) is 0.167. The number of carbonyl (C=O) groups is 1. The van der Waals surface area contributed by atoms with E-state index >= 15 is 0 Å². The van der Waals surface area contributed by atoms with Gasteiger partial charge in [-0.2, -0.15) is 0 Å². The number of hydrogen-bond acceptors (Lipinski definition) is 5. The summed E-state index contributed by atoms with van der Waals surface area (Å²) in [5, 5.41) is 4.91. The molecule has 0 fully saturated rings. The number of amides is 1. The molecule has 0 aromatic carbocycles. The summed E-state index contributed by atoms with van der Waals surface area (Å²) < 4.78 is 5.27. The molecule has 3 aromatic rings. The molecule has 6 heteroatoms. The summed E-state index contributed by atoms with van der Waals surface area (Å²) in [4.78, 5) is 21.7. The van der Waals surface area contributed by atoms with Crippen molar-refractivity contribution in [1.29, 1.82) is 0 Å². The van der Waals surface area contributed by atoms with E-state index in [9.17, 15) is 4.79 Å². The lowest BCUT2D eigenvalue weighted by molar-refractivity contribution is 0.0950. The topological polar surface area (TPSA) is 64.1 Å². The molecule has 0 aliphatic heterocycles. The van der Waals surface area contributed by atoms with Crippen LogP contribution in [0, 0.1) is 0 Å². The third-order valence-corrected chi connectivity index (χ3v) is 4.26. The molecule has 0 saturated carbocycles. The number of nitrogens with one attached hydrogen (secondary N) is 1. The molecule has 3 heterocycles. The molecule has 1 amide bonds. The maximum Gasteiger partial charge on any atom is 0.253 e. The van der Waals surface area contributed by atoms with Gasteiger partial charge in [0, 0.05) is 41.6 Å². The summed E-state index contributed by atoms with van der Waals surface area (Å²) in [6.45, 7) is 2.85. The number of rotatable bonds is 6. The van der Waals surface area contributed by atoms with Gasteiger partial charge in [0.15, 0.2) is 0 Å². The van der Waals surface area contributed by atoms with Gasteiger partial charge in [0.05, 0.1) is 12.2 Å². The van der Waals surface area contributed by atoms with E-state index in [1.807, 2.05) is 30.6 Å². The van der Waals surface area contributed by atoms with Gasteiger partial charge in [0.1, 0.15) is 0 Å². The summed E-state index contributed by atoms with van der Waals surface area (Å²) in [5.41, 5.74) is 2.51. The molecule has 122 valence electrons. The number of ether oxygens (including phenoxy) is 1. The Bertz CT molecular complexity index is 801. The molecule has 0 bridgehead atoms. The zero-order valence-corrected chi connectivity index (χ0v) is 14.0. The zero-order valence-electron chi connectivity index (χ0n) is 13.2. The fourth-order valence-electron chi connectivity index (χ4n) is 2.19. The molecule has 0 unspecified atom stereocenters. The lowest BCUT2D eigenvalue weighted by Crippen LogP contribution is -2.23. The average Bonchev–Trinajstić information content (AvgIpc) is 3.16. The van der Waals surface area contributed by atoms with Gasteiger partial charge in [0.25, 0.3) is 5.91 Å². The third kappa shape index (κ3) is 3.97. The maximum absolute atomic E-state index is 12.2. The second kappa shape index (κ2) is 7.70. The summed E-state index contributed by atoms with van der Waals surface area (Å²) in [6, 6.07) is 9.49. The van der Waals surface area contributed by atoms with Gasteiger partial charge < -0.3 is 10.1 Å². The minimum absolute atomic E-state index is 0.174. The quantitative estimate of drug-likeness (QED) is 0.746. The van der Waals surface area contributed by atoms with Crippen LogP contribution in [0.3, 0.4) is 0 Å². The van der Waals surface area contributed by atoms with E-state index in [0.717, 1.165) is 16.0 Å². The first-order chi connectivity index (χ1) is 11.8. The molecule has 0 aliphatic carbocycles. The minimum atomic E-state index is -0.174. The SMILES string of the molecule is CCOc1ccc(C(=O)NCc2cncc(-c3cccs3)c2)cn1. The van der Waals surface area contributed by atoms with Gasteiger partial charge in [-0.15, -0.1) is 11.3 Å². The Hall–Kier alpha value is -2.73. The summed E-state index contributed by atoms with van der Waals surface area (Å²) >= 11 is 1.66. The molecule has 1 N–H and O–H groups in total. The molecule has 5 nitrogen and oxygen atoms in total. The van der Waals surface area contributed by atoms with E-state index < -0.39 is 0 Å². The maximum atomic E-state index is 12.2. The van der Waals surface area contributed by atoms with E-state index in [4.69, 9.17) is 4.74 Å². The molecule has 0 spiro atoms. The number of thiophene rings is 1. The van der Waals surface area contributed by atoms with Crippen molar-refractivity contribution in [3.8, 4) is 16.3 Å². The first kappa shape index (κ1) is 16.1. The standard InChI is InChI=1S/C18H17N3O2S/c1-2-23-17-6-5-14(12-20-17)18(22)21-10-13-8-15(11-19-9-13)16-4-3-7-24-16/h3-9,11-12H,2,10H2,1H3,(H,21,22). The van der Waals surface area contributed by atoms with Crippen molar-refractivity contribution < 1.29 is 9.53 Å². The van der Waals surface area contributed by atoms with Crippen molar-refractivity contribution in [2.24, 2.45) is 0 Å². The van der Waals surface area contributed by atoms with Crippen LogP contribution < -0.4 is 10.1 Å². The summed E-state index contributed by atoms with van der Waals surface area (Å²) in [7, 11) is 0. The van der Waals surface area contributed by atoms with Gasteiger partial charge in [0.2, 0.25) is 5.88 Å². The Kier molecular flexibility index (Phi) is 5.18. The number of carbonyl (C=O) groups excluding carboxylic acids is 1. The Morgan fingerprint density at radius 2 is 2.17 bits per heavy atom. The van der Waals surface area contributed by atoms with Gasteiger partial charge in [-0.05, 0) is 36.1 Å². The molecule has 0 saturated heterocycles. The molecular formula is C18H17N3O2S. The van der Waals surface area contributed by atoms with Gasteiger partial charge in [-0.25, -0.2) is 4.98 Å². The second-order valence-electron chi connectivity index (χ2n) is 5.06. The molecule has 24 heavy (non-hydrogen) atoms. The smallest absolute Gasteiger partial charge is 0.253 e. The Labute approximate surface area is 144 Å². The molecule has 3 rings (SSSR count). The molecule has 0 atom stereocenters. The highest BCUT2D eigenvalue weighted by Gasteiger charge is 2.07. The first-order valence-electron chi connectivity index (χ1n) is 7.61. The number of aromatic nitrogens is 2. The average molecular weight is 339 g/mol. The highest BCUT2D eigenvalue weighted by Crippen LogP contribution is 2.24. The van der Waals surface area contributed by atoms with Gasteiger partial charge in [-0.1, -0.05) is 6.07 Å². The molecule has 0 aliphatic rings. The van der Waals surface area contributed by atoms with Crippen molar-refractivity contribution in [2.75, 3.05) is 6.61 Å². The van der Waals surface area contributed by atoms with Crippen molar-refractivity contribution in [2.45, 2.75) is 13.5 Å². The van der Waals surface area contributed by atoms with E-state index in [1.54, 1.807) is 29.7 Å². The second-order valence-corrected chi connectivity index (χ2v) is 6.01. The molecular weight excluding hydrogens is 322 g/mol. The van der Waals surface area contributed by atoms with Crippen LogP contribution in [-0.2, 0) is 6.54 Å². The lowest BCUT2D eigenvalue weighted by atomic mass is 10.1. The summed E-state index contributed by atoms with van der Waals surface area (Å²) in [5.74, 6) is 0.342. The highest BCUT2D eigenvalue weighted by molar-refractivity contribution is 7.13. The normalized spacial score (nSPS) is 10.4. The first-order valence-corrected chi connectivity index (χ1v) is 8.49. The fourth-order valence-corrected chi connectivity index (χ4v) is 2.90. The van der Waals surface area contributed by atoms with E-state index in [0.29, 0.717) is 24.6 Å². The third-order valence-electron chi connectivity index (χ3n) is 3.34. The molecule has 0 radical (unpaired) electrons. The largest absolute Gasteiger partial charge is 0.478 e. The Morgan fingerprint density at radius 3 is 2.88 bits per heavy atom. The predicted octanol–water partition coefficient (Wildman–Crippen LogP) is 3.53. The van der Waals surface area contributed by atoms with E-state index in [1.165, 1.54) is 6.20 Å².